The lowest BCUT2D eigenvalue weighted by atomic mass is 9.90. The first-order valence-electron chi connectivity index (χ1n) is 9.98. The van der Waals surface area contributed by atoms with Crippen molar-refractivity contribution in [2.45, 2.75) is 78.9 Å². The minimum atomic E-state index is -0.847. The van der Waals surface area contributed by atoms with Crippen molar-refractivity contribution in [2.24, 2.45) is 16.8 Å². The number of carbonyl (C=O) groups excluding carboxylic acids is 2. The van der Waals surface area contributed by atoms with Crippen molar-refractivity contribution >= 4 is 18.0 Å². The molecule has 2 amide bonds. The van der Waals surface area contributed by atoms with E-state index in [-0.39, 0.29) is 5.91 Å². The average molecular weight is 383 g/mol. The number of hydrogen-bond donors (Lipinski definition) is 2. The molecule has 0 spiro atoms. The Morgan fingerprint density at radius 2 is 1.96 bits per heavy atom. The minimum Gasteiger partial charge on any atom is -0.444 e. The average Bonchev–Trinajstić information content (AvgIpc) is 2.72. The van der Waals surface area contributed by atoms with Gasteiger partial charge in [0.25, 0.3) is 5.91 Å². The van der Waals surface area contributed by atoms with Crippen LogP contribution < -0.4 is 10.6 Å². The Labute approximate surface area is 164 Å². The van der Waals surface area contributed by atoms with E-state index >= 15 is 0 Å². The molecule has 2 unspecified atom stereocenters. The summed E-state index contributed by atoms with van der Waals surface area (Å²) in [4.78, 5) is 31.7. The highest BCUT2D eigenvalue weighted by atomic mass is 16.6. The number of amides is 2. The summed E-state index contributed by atoms with van der Waals surface area (Å²) in [6.07, 6.45) is 1.95. The Bertz CT molecular complexity index is 554. The van der Waals surface area contributed by atoms with Crippen LogP contribution in [0.25, 0.3) is 0 Å². The van der Waals surface area contributed by atoms with Gasteiger partial charge < -0.3 is 10.1 Å². The highest BCUT2D eigenvalue weighted by molar-refractivity contribution is 6.10. The largest absolute Gasteiger partial charge is 0.444 e. The molecule has 2 atom stereocenters. The van der Waals surface area contributed by atoms with E-state index in [2.05, 4.69) is 36.4 Å². The third-order valence-electron chi connectivity index (χ3n) is 4.55. The van der Waals surface area contributed by atoms with Crippen LogP contribution in [0, 0.1) is 11.8 Å². The molecule has 0 aromatic carbocycles. The molecule has 0 aromatic rings. The highest BCUT2D eigenvalue weighted by Crippen LogP contribution is 2.30. The smallest absolute Gasteiger partial charge is 0.414 e. The van der Waals surface area contributed by atoms with Crippen LogP contribution in [0.2, 0.25) is 0 Å². The summed E-state index contributed by atoms with van der Waals surface area (Å²) in [5.41, 5.74) is -1.46. The molecule has 156 valence electrons. The van der Waals surface area contributed by atoms with Gasteiger partial charge in [0.2, 0.25) is 5.96 Å². The van der Waals surface area contributed by atoms with Gasteiger partial charge in [0.15, 0.2) is 0 Å². The highest BCUT2D eigenvalue weighted by Gasteiger charge is 2.46. The number of alkyl carbamates (subject to hydrolysis) is 1. The van der Waals surface area contributed by atoms with Gasteiger partial charge in [0, 0.05) is 6.54 Å². The van der Waals surface area contributed by atoms with E-state index < -0.39 is 17.2 Å². The predicted octanol–water partition coefficient (Wildman–Crippen LogP) is 3.15. The summed E-state index contributed by atoms with van der Waals surface area (Å²) in [5.74, 6) is 0.899. The van der Waals surface area contributed by atoms with Gasteiger partial charge in [0.05, 0.1) is 0 Å². The third kappa shape index (κ3) is 7.13. The van der Waals surface area contributed by atoms with Gasteiger partial charge in [-0.15, -0.1) is 0 Å². The van der Waals surface area contributed by atoms with E-state index in [1.54, 1.807) is 25.7 Å². The number of guanidine groups is 1. The summed E-state index contributed by atoms with van der Waals surface area (Å²) < 4.78 is 5.35. The van der Waals surface area contributed by atoms with Gasteiger partial charge in [-0.05, 0) is 66.0 Å². The van der Waals surface area contributed by atoms with Crippen molar-refractivity contribution in [2.75, 3.05) is 20.1 Å². The third-order valence-corrected chi connectivity index (χ3v) is 4.55. The molecule has 27 heavy (non-hydrogen) atoms. The van der Waals surface area contributed by atoms with Crippen molar-refractivity contribution in [1.29, 1.82) is 0 Å². The molecule has 7 heteroatoms. The Morgan fingerprint density at radius 1 is 1.33 bits per heavy atom. The van der Waals surface area contributed by atoms with Gasteiger partial charge >= 0.3 is 6.09 Å². The number of rotatable bonds is 8. The fraction of sp³-hybridized carbons (Fsp3) is 0.850. The van der Waals surface area contributed by atoms with Gasteiger partial charge in [-0.2, -0.15) is 0 Å². The first-order valence-corrected chi connectivity index (χ1v) is 9.98. The second kappa shape index (κ2) is 9.53. The molecule has 0 saturated carbocycles. The van der Waals surface area contributed by atoms with Crippen LogP contribution >= 0.6 is 0 Å². The normalized spacial score (nSPS) is 21.4. The van der Waals surface area contributed by atoms with Gasteiger partial charge in [-0.25, -0.2) is 9.79 Å². The van der Waals surface area contributed by atoms with E-state index in [1.165, 1.54) is 0 Å². The first kappa shape index (κ1) is 23.4. The van der Waals surface area contributed by atoms with Crippen molar-refractivity contribution in [3.8, 4) is 0 Å². The molecule has 0 aromatic heterocycles. The topological polar surface area (TPSA) is 83.0 Å². The molecule has 0 radical (unpaired) electrons. The second-order valence-corrected chi connectivity index (χ2v) is 9.02. The van der Waals surface area contributed by atoms with E-state index in [4.69, 9.17) is 4.74 Å². The summed E-state index contributed by atoms with van der Waals surface area (Å²) in [5, 5.41) is 5.86. The SMILES string of the molecule is CCC(CCNC)CN1C(=O)C(C)(CC(C)C)N=C1NC(=O)OC(C)(C)C. The molecule has 0 bridgehead atoms. The molecular formula is C20H38N4O3. The zero-order valence-corrected chi connectivity index (χ0v) is 18.3. The van der Waals surface area contributed by atoms with E-state index in [0.717, 1.165) is 19.4 Å². The zero-order valence-electron chi connectivity index (χ0n) is 18.3. The fourth-order valence-corrected chi connectivity index (χ4v) is 3.35. The Morgan fingerprint density at radius 3 is 2.44 bits per heavy atom. The minimum absolute atomic E-state index is 0.0508. The number of aliphatic imine (C=N–C) groups is 1. The molecule has 1 rings (SSSR count). The predicted molar refractivity (Wildman–Crippen MR) is 109 cm³/mol. The first-order chi connectivity index (χ1) is 12.4. The maximum atomic E-state index is 13.2. The summed E-state index contributed by atoms with van der Waals surface area (Å²) in [7, 11) is 1.92. The van der Waals surface area contributed by atoms with E-state index in [9.17, 15) is 9.59 Å². The molecule has 2 N–H and O–H groups in total. The lowest BCUT2D eigenvalue weighted by Crippen LogP contribution is -2.49. The number of nitrogens with zero attached hydrogens (tertiary/aromatic N) is 2. The Hall–Kier alpha value is -1.63. The molecule has 1 heterocycles. The van der Waals surface area contributed by atoms with Crippen molar-refractivity contribution < 1.29 is 14.3 Å². The zero-order chi connectivity index (χ0) is 20.8. The van der Waals surface area contributed by atoms with Crippen LogP contribution in [-0.2, 0) is 9.53 Å². The molecule has 0 aliphatic carbocycles. The Balaban J connectivity index is 3.03. The number of ether oxygens (including phenoxy) is 1. The van der Waals surface area contributed by atoms with E-state index in [1.807, 2.05) is 14.0 Å². The Kier molecular flexibility index (Phi) is 8.26. The summed E-state index contributed by atoms with van der Waals surface area (Å²) >= 11 is 0. The van der Waals surface area contributed by atoms with Crippen LogP contribution in [0.15, 0.2) is 4.99 Å². The maximum Gasteiger partial charge on any atom is 0.414 e. The van der Waals surface area contributed by atoms with Crippen LogP contribution in [0.5, 0.6) is 0 Å². The van der Waals surface area contributed by atoms with E-state index in [0.29, 0.717) is 30.8 Å². The molecule has 7 nitrogen and oxygen atoms in total. The fourth-order valence-electron chi connectivity index (χ4n) is 3.35. The summed E-state index contributed by atoms with van der Waals surface area (Å²) in [6.45, 7) is 14.9. The molecular weight excluding hydrogens is 344 g/mol. The van der Waals surface area contributed by atoms with Crippen LogP contribution in [0.1, 0.15) is 67.7 Å². The lowest BCUT2D eigenvalue weighted by molar-refractivity contribution is -0.131. The van der Waals surface area contributed by atoms with Gasteiger partial charge in [-0.1, -0.05) is 27.2 Å². The molecule has 0 fully saturated rings. The van der Waals surface area contributed by atoms with Crippen LogP contribution in [-0.4, -0.2) is 54.1 Å². The van der Waals surface area contributed by atoms with Crippen molar-refractivity contribution in [3.05, 3.63) is 0 Å². The number of hydrogen-bond acceptors (Lipinski definition) is 5. The number of carbonyl (C=O) groups is 2. The molecule has 1 aliphatic heterocycles. The van der Waals surface area contributed by atoms with Gasteiger partial charge in [0.1, 0.15) is 11.1 Å². The standard InChI is InChI=1S/C20H38N4O3/c1-9-15(10-11-21-8)13-24-16(25)20(7,12-14(2)3)23-17(24)22-18(26)27-19(4,5)6/h14-15,21H,9-13H2,1-8H3,(H,22,23,26). The van der Waals surface area contributed by atoms with Gasteiger partial charge in [-0.3, -0.25) is 15.0 Å². The maximum absolute atomic E-state index is 13.2. The molecule has 0 saturated heterocycles. The van der Waals surface area contributed by atoms with Crippen molar-refractivity contribution in [3.63, 3.8) is 0 Å². The quantitative estimate of drug-likeness (QED) is 0.675. The lowest BCUT2D eigenvalue weighted by Gasteiger charge is -2.27. The number of nitrogens with one attached hydrogen (secondary N) is 2. The van der Waals surface area contributed by atoms with Crippen LogP contribution in [0.3, 0.4) is 0 Å². The second-order valence-electron chi connectivity index (χ2n) is 9.02. The monoisotopic (exact) mass is 382 g/mol. The summed E-state index contributed by atoms with van der Waals surface area (Å²) in [6, 6.07) is 0. The molecule has 1 aliphatic rings. The van der Waals surface area contributed by atoms with Crippen molar-refractivity contribution in [1.82, 2.24) is 15.5 Å². The van der Waals surface area contributed by atoms with Crippen LogP contribution in [0.4, 0.5) is 4.79 Å².